The van der Waals surface area contributed by atoms with Gasteiger partial charge in [-0.15, -0.1) is 0 Å². The van der Waals surface area contributed by atoms with Crippen LogP contribution in [0.2, 0.25) is 0 Å². The highest BCUT2D eigenvalue weighted by molar-refractivity contribution is 5.71. The van der Waals surface area contributed by atoms with Crippen molar-refractivity contribution in [2.45, 2.75) is 32.4 Å². The van der Waals surface area contributed by atoms with Crippen molar-refractivity contribution in [1.29, 1.82) is 5.26 Å². The first-order valence-corrected chi connectivity index (χ1v) is 6.72. The summed E-state index contributed by atoms with van der Waals surface area (Å²) in [6.45, 7) is 2.59. The Hall–Kier alpha value is -1.93. The zero-order valence-electron chi connectivity index (χ0n) is 11.4. The molecule has 106 valence electrons. The van der Waals surface area contributed by atoms with Crippen molar-refractivity contribution in [2.24, 2.45) is 0 Å². The first-order chi connectivity index (χ1) is 9.65. The summed E-state index contributed by atoms with van der Waals surface area (Å²) in [6.07, 6.45) is 2.03. The Balaban J connectivity index is 2.09. The van der Waals surface area contributed by atoms with Crippen molar-refractivity contribution < 1.29 is 13.9 Å². The number of benzene rings is 1. The molecule has 4 nitrogen and oxygen atoms in total. The number of carbonyl (C=O) groups excluding carboxylic acids is 1. The molecule has 0 aromatic heterocycles. The molecule has 0 atom stereocenters. The molecular weight excluding hydrogens is 259 g/mol. The largest absolute Gasteiger partial charge is 0.465 e. The van der Waals surface area contributed by atoms with Crippen LogP contribution < -0.4 is 0 Å². The average Bonchev–Trinajstić information content (AvgIpc) is 3.25. The van der Waals surface area contributed by atoms with E-state index in [1.807, 2.05) is 11.0 Å². The number of carbonyl (C=O) groups is 1. The van der Waals surface area contributed by atoms with Crippen molar-refractivity contribution in [3.05, 3.63) is 35.1 Å². The Labute approximate surface area is 117 Å². The van der Waals surface area contributed by atoms with E-state index >= 15 is 0 Å². The Morgan fingerprint density at radius 1 is 1.55 bits per heavy atom. The van der Waals surface area contributed by atoms with Gasteiger partial charge in [0.15, 0.2) is 0 Å². The van der Waals surface area contributed by atoms with E-state index in [-0.39, 0.29) is 18.1 Å². The molecule has 0 amide bonds. The van der Waals surface area contributed by atoms with Gasteiger partial charge in [0.1, 0.15) is 11.9 Å². The van der Waals surface area contributed by atoms with E-state index in [0.29, 0.717) is 24.8 Å². The summed E-state index contributed by atoms with van der Waals surface area (Å²) in [5.74, 6) is -0.791. The third kappa shape index (κ3) is 3.55. The fourth-order valence-electron chi connectivity index (χ4n) is 2.13. The van der Waals surface area contributed by atoms with Gasteiger partial charge in [0.2, 0.25) is 0 Å². The lowest BCUT2D eigenvalue weighted by Gasteiger charge is -2.21. The van der Waals surface area contributed by atoms with Crippen LogP contribution in [0, 0.1) is 17.1 Å². The molecular formula is C15H17FN2O2. The molecule has 0 unspecified atom stereocenters. The smallest absolute Gasteiger partial charge is 0.320 e. The molecule has 0 N–H and O–H groups in total. The highest BCUT2D eigenvalue weighted by Gasteiger charge is 2.31. The van der Waals surface area contributed by atoms with Crippen molar-refractivity contribution in [2.75, 3.05) is 13.2 Å². The van der Waals surface area contributed by atoms with Gasteiger partial charge in [-0.25, -0.2) is 4.39 Å². The maximum atomic E-state index is 14.0. The fourth-order valence-corrected chi connectivity index (χ4v) is 2.13. The summed E-state index contributed by atoms with van der Waals surface area (Å²) in [5.41, 5.74) is 0.481. The molecule has 0 saturated heterocycles. The van der Waals surface area contributed by atoms with E-state index < -0.39 is 5.82 Å². The number of rotatable bonds is 6. The van der Waals surface area contributed by atoms with Gasteiger partial charge >= 0.3 is 5.97 Å². The molecule has 1 fully saturated rings. The second-order valence-electron chi connectivity index (χ2n) is 4.83. The Bertz CT molecular complexity index is 535. The van der Waals surface area contributed by atoms with Crippen LogP contribution in [0.25, 0.3) is 0 Å². The molecule has 2 rings (SSSR count). The first kappa shape index (κ1) is 14.5. The van der Waals surface area contributed by atoms with E-state index in [2.05, 4.69) is 0 Å². The third-order valence-electron chi connectivity index (χ3n) is 3.27. The van der Waals surface area contributed by atoms with Crippen LogP contribution in [0.3, 0.4) is 0 Å². The van der Waals surface area contributed by atoms with Crippen LogP contribution in [0.5, 0.6) is 0 Å². The SMILES string of the molecule is CCOC(=O)CN(Cc1cccc(C#N)c1F)C1CC1. The second-order valence-corrected chi connectivity index (χ2v) is 4.83. The quantitative estimate of drug-likeness (QED) is 0.748. The topological polar surface area (TPSA) is 53.3 Å². The number of nitrogens with zero attached hydrogens (tertiary/aromatic N) is 2. The first-order valence-electron chi connectivity index (χ1n) is 6.72. The number of esters is 1. The lowest BCUT2D eigenvalue weighted by Crippen LogP contribution is -2.32. The number of hydrogen-bond donors (Lipinski definition) is 0. The van der Waals surface area contributed by atoms with E-state index in [9.17, 15) is 9.18 Å². The predicted molar refractivity (Wildman–Crippen MR) is 71.2 cm³/mol. The molecule has 0 radical (unpaired) electrons. The molecule has 0 spiro atoms. The number of nitriles is 1. The molecule has 5 heteroatoms. The molecule has 1 aromatic rings. The minimum Gasteiger partial charge on any atom is -0.465 e. The maximum Gasteiger partial charge on any atom is 0.320 e. The zero-order valence-corrected chi connectivity index (χ0v) is 11.4. The predicted octanol–water partition coefficient (Wildman–Crippen LogP) is 2.22. The molecule has 0 heterocycles. The minimum absolute atomic E-state index is 0.0365. The molecule has 1 saturated carbocycles. The van der Waals surface area contributed by atoms with Gasteiger partial charge in [-0.3, -0.25) is 9.69 Å². The van der Waals surface area contributed by atoms with Crippen LogP contribution in [0.15, 0.2) is 18.2 Å². The Kier molecular flexibility index (Phi) is 4.70. The number of hydrogen-bond acceptors (Lipinski definition) is 4. The van der Waals surface area contributed by atoms with E-state index in [4.69, 9.17) is 10.00 Å². The molecule has 1 aromatic carbocycles. The highest BCUT2D eigenvalue weighted by Crippen LogP contribution is 2.28. The van der Waals surface area contributed by atoms with Crippen LogP contribution >= 0.6 is 0 Å². The highest BCUT2D eigenvalue weighted by atomic mass is 19.1. The van der Waals surface area contributed by atoms with Crippen molar-refractivity contribution >= 4 is 5.97 Å². The summed E-state index contributed by atoms with van der Waals surface area (Å²) >= 11 is 0. The summed E-state index contributed by atoms with van der Waals surface area (Å²) in [6, 6.07) is 6.90. The standard InChI is InChI=1S/C15H17FN2O2/c1-2-20-14(19)10-18(13-6-7-13)9-12-5-3-4-11(8-17)15(12)16/h3-5,13H,2,6-7,9-10H2,1H3. The second kappa shape index (κ2) is 6.49. The van der Waals surface area contributed by atoms with Crippen molar-refractivity contribution in [1.82, 2.24) is 4.90 Å². The summed E-state index contributed by atoms with van der Waals surface area (Å²) in [5, 5.41) is 8.84. The van der Waals surface area contributed by atoms with E-state index in [1.165, 1.54) is 6.07 Å². The lowest BCUT2D eigenvalue weighted by molar-refractivity contribution is -0.144. The normalized spacial score (nSPS) is 14.1. The molecule has 1 aliphatic rings. The summed E-state index contributed by atoms with van der Waals surface area (Å²) in [4.78, 5) is 13.5. The van der Waals surface area contributed by atoms with Gasteiger partial charge in [0.25, 0.3) is 0 Å². The van der Waals surface area contributed by atoms with Crippen LogP contribution in [-0.2, 0) is 16.1 Å². The van der Waals surface area contributed by atoms with Crippen LogP contribution in [0.1, 0.15) is 30.9 Å². The number of halogens is 1. The summed E-state index contributed by atoms with van der Waals surface area (Å²) < 4.78 is 19.0. The maximum absolute atomic E-state index is 14.0. The van der Waals surface area contributed by atoms with E-state index in [0.717, 1.165) is 12.8 Å². The summed E-state index contributed by atoms with van der Waals surface area (Å²) in [7, 11) is 0. The average molecular weight is 276 g/mol. The van der Waals surface area contributed by atoms with Gasteiger partial charge in [-0.2, -0.15) is 5.26 Å². The molecule has 20 heavy (non-hydrogen) atoms. The van der Waals surface area contributed by atoms with Gasteiger partial charge in [0, 0.05) is 18.2 Å². The third-order valence-corrected chi connectivity index (χ3v) is 3.27. The number of ether oxygens (including phenoxy) is 1. The van der Waals surface area contributed by atoms with Crippen molar-refractivity contribution in [3.63, 3.8) is 0 Å². The van der Waals surface area contributed by atoms with Gasteiger partial charge in [-0.1, -0.05) is 12.1 Å². The minimum atomic E-state index is -0.496. The monoisotopic (exact) mass is 276 g/mol. The molecule has 1 aliphatic carbocycles. The van der Waals surface area contributed by atoms with E-state index in [1.54, 1.807) is 19.1 Å². The lowest BCUT2D eigenvalue weighted by atomic mass is 10.1. The fraction of sp³-hybridized carbons (Fsp3) is 0.467. The van der Waals surface area contributed by atoms with Crippen molar-refractivity contribution in [3.8, 4) is 6.07 Å². The Morgan fingerprint density at radius 3 is 2.90 bits per heavy atom. The van der Waals surface area contributed by atoms with Gasteiger partial charge in [0.05, 0.1) is 18.7 Å². The van der Waals surface area contributed by atoms with Crippen LogP contribution in [-0.4, -0.2) is 30.1 Å². The van der Waals surface area contributed by atoms with Crippen LogP contribution in [0.4, 0.5) is 4.39 Å². The molecule has 0 aliphatic heterocycles. The van der Waals surface area contributed by atoms with Gasteiger partial charge < -0.3 is 4.74 Å². The Morgan fingerprint density at radius 2 is 2.30 bits per heavy atom. The van der Waals surface area contributed by atoms with Gasteiger partial charge in [-0.05, 0) is 25.8 Å². The molecule has 0 bridgehead atoms. The zero-order chi connectivity index (χ0) is 14.5.